The first-order chi connectivity index (χ1) is 12.0. The molecule has 0 aliphatic heterocycles. The van der Waals surface area contributed by atoms with E-state index in [0.717, 1.165) is 16.8 Å². The Kier molecular flexibility index (Phi) is 4.93. The SMILES string of the molecule is Cc1oc(-c2cccnc2)nc1CC(=O)Nc1ccccc1C(C)C. The van der Waals surface area contributed by atoms with E-state index in [1.54, 1.807) is 12.4 Å². The molecule has 0 saturated heterocycles. The number of aromatic nitrogens is 2. The Morgan fingerprint density at radius 3 is 2.72 bits per heavy atom. The summed E-state index contributed by atoms with van der Waals surface area (Å²) in [5.74, 6) is 1.35. The van der Waals surface area contributed by atoms with Gasteiger partial charge in [0.15, 0.2) is 0 Å². The number of carbonyl (C=O) groups is 1. The van der Waals surface area contributed by atoms with Crippen molar-refractivity contribution in [2.45, 2.75) is 33.1 Å². The summed E-state index contributed by atoms with van der Waals surface area (Å²) in [6, 6.07) is 11.5. The molecule has 5 heteroatoms. The van der Waals surface area contributed by atoms with Crippen molar-refractivity contribution >= 4 is 11.6 Å². The summed E-state index contributed by atoms with van der Waals surface area (Å²) < 4.78 is 5.68. The second-order valence-corrected chi connectivity index (χ2v) is 6.23. The maximum Gasteiger partial charge on any atom is 0.230 e. The van der Waals surface area contributed by atoms with E-state index in [4.69, 9.17) is 4.42 Å². The van der Waals surface area contributed by atoms with Gasteiger partial charge in [-0.05, 0) is 36.6 Å². The lowest BCUT2D eigenvalue weighted by Crippen LogP contribution is -2.16. The number of oxazole rings is 1. The van der Waals surface area contributed by atoms with Gasteiger partial charge in [0, 0.05) is 18.1 Å². The van der Waals surface area contributed by atoms with Crippen molar-refractivity contribution in [2.24, 2.45) is 0 Å². The van der Waals surface area contributed by atoms with Gasteiger partial charge in [0.25, 0.3) is 0 Å². The molecule has 128 valence electrons. The van der Waals surface area contributed by atoms with Crippen molar-refractivity contribution < 1.29 is 9.21 Å². The van der Waals surface area contributed by atoms with Crippen LogP contribution in [-0.2, 0) is 11.2 Å². The molecule has 5 nitrogen and oxygen atoms in total. The lowest BCUT2D eigenvalue weighted by Gasteiger charge is -2.13. The van der Waals surface area contributed by atoms with E-state index in [1.807, 2.05) is 43.3 Å². The highest BCUT2D eigenvalue weighted by Gasteiger charge is 2.16. The summed E-state index contributed by atoms with van der Waals surface area (Å²) in [4.78, 5) is 21.0. The zero-order chi connectivity index (χ0) is 17.8. The van der Waals surface area contributed by atoms with Crippen molar-refractivity contribution in [1.82, 2.24) is 9.97 Å². The molecule has 1 amide bonds. The van der Waals surface area contributed by atoms with E-state index < -0.39 is 0 Å². The van der Waals surface area contributed by atoms with E-state index in [1.165, 1.54) is 0 Å². The van der Waals surface area contributed by atoms with Crippen LogP contribution in [0.1, 0.15) is 36.8 Å². The number of carbonyl (C=O) groups excluding carboxylic acids is 1. The number of hydrogen-bond acceptors (Lipinski definition) is 4. The summed E-state index contributed by atoms with van der Waals surface area (Å²) >= 11 is 0. The van der Waals surface area contributed by atoms with Gasteiger partial charge in [0.1, 0.15) is 5.76 Å². The number of aryl methyl sites for hydroxylation is 1. The van der Waals surface area contributed by atoms with Gasteiger partial charge in [-0.25, -0.2) is 4.98 Å². The van der Waals surface area contributed by atoms with Crippen LogP contribution in [0.5, 0.6) is 0 Å². The van der Waals surface area contributed by atoms with E-state index in [0.29, 0.717) is 23.3 Å². The first-order valence-corrected chi connectivity index (χ1v) is 8.30. The summed E-state index contributed by atoms with van der Waals surface area (Å²) in [7, 11) is 0. The summed E-state index contributed by atoms with van der Waals surface area (Å²) in [5, 5.41) is 2.98. The van der Waals surface area contributed by atoms with Gasteiger partial charge < -0.3 is 9.73 Å². The molecule has 2 aromatic heterocycles. The van der Waals surface area contributed by atoms with Crippen molar-refractivity contribution in [1.29, 1.82) is 0 Å². The van der Waals surface area contributed by atoms with Crippen LogP contribution in [-0.4, -0.2) is 15.9 Å². The van der Waals surface area contributed by atoms with Gasteiger partial charge in [0.2, 0.25) is 11.8 Å². The van der Waals surface area contributed by atoms with Gasteiger partial charge >= 0.3 is 0 Å². The van der Waals surface area contributed by atoms with E-state index in [2.05, 4.69) is 29.1 Å². The maximum absolute atomic E-state index is 12.4. The lowest BCUT2D eigenvalue weighted by atomic mass is 10.0. The third-order valence-corrected chi connectivity index (χ3v) is 3.99. The normalized spacial score (nSPS) is 10.9. The molecule has 25 heavy (non-hydrogen) atoms. The number of benzene rings is 1. The molecule has 0 aliphatic rings. The summed E-state index contributed by atoms with van der Waals surface area (Å²) in [5.41, 5.74) is 3.39. The van der Waals surface area contributed by atoms with Crippen LogP contribution in [0.4, 0.5) is 5.69 Å². The van der Waals surface area contributed by atoms with Crippen LogP contribution in [0.15, 0.2) is 53.2 Å². The van der Waals surface area contributed by atoms with Crippen LogP contribution >= 0.6 is 0 Å². The molecule has 3 aromatic rings. The van der Waals surface area contributed by atoms with Gasteiger partial charge in [-0.15, -0.1) is 0 Å². The monoisotopic (exact) mass is 335 g/mol. The smallest absolute Gasteiger partial charge is 0.230 e. The number of anilines is 1. The molecule has 1 aromatic carbocycles. The van der Waals surface area contributed by atoms with Crippen molar-refractivity contribution in [3.05, 3.63) is 65.8 Å². The quantitative estimate of drug-likeness (QED) is 0.752. The third kappa shape index (κ3) is 3.94. The zero-order valence-corrected chi connectivity index (χ0v) is 14.6. The molecule has 0 fully saturated rings. The van der Waals surface area contributed by atoms with Crippen LogP contribution < -0.4 is 5.32 Å². The van der Waals surface area contributed by atoms with E-state index >= 15 is 0 Å². The van der Waals surface area contributed by atoms with E-state index in [9.17, 15) is 4.79 Å². The Balaban J connectivity index is 1.75. The fourth-order valence-electron chi connectivity index (χ4n) is 2.67. The molecule has 0 radical (unpaired) electrons. The average molecular weight is 335 g/mol. The number of hydrogen-bond donors (Lipinski definition) is 1. The first kappa shape index (κ1) is 16.9. The number of para-hydroxylation sites is 1. The maximum atomic E-state index is 12.4. The molecule has 0 atom stereocenters. The summed E-state index contributed by atoms with van der Waals surface area (Å²) in [6.07, 6.45) is 3.55. The van der Waals surface area contributed by atoms with Gasteiger partial charge in [-0.2, -0.15) is 0 Å². The highest BCUT2D eigenvalue weighted by molar-refractivity contribution is 5.93. The van der Waals surface area contributed by atoms with Crippen LogP contribution in [0.2, 0.25) is 0 Å². The fraction of sp³-hybridized carbons (Fsp3) is 0.250. The van der Waals surface area contributed by atoms with Crippen molar-refractivity contribution in [2.75, 3.05) is 5.32 Å². The number of nitrogens with zero attached hydrogens (tertiary/aromatic N) is 2. The minimum atomic E-state index is -0.109. The average Bonchev–Trinajstić information content (AvgIpc) is 2.96. The predicted molar refractivity (Wildman–Crippen MR) is 97.3 cm³/mol. The van der Waals surface area contributed by atoms with Crippen molar-refractivity contribution in [3.63, 3.8) is 0 Å². The number of nitrogens with one attached hydrogen (secondary N) is 1. The minimum absolute atomic E-state index is 0.109. The van der Waals surface area contributed by atoms with Crippen LogP contribution in [0, 0.1) is 6.92 Å². The molecule has 2 heterocycles. The second-order valence-electron chi connectivity index (χ2n) is 6.23. The Morgan fingerprint density at radius 2 is 2.00 bits per heavy atom. The largest absolute Gasteiger partial charge is 0.441 e. The zero-order valence-electron chi connectivity index (χ0n) is 14.6. The topological polar surface area (TPSA) is 68.0 Å². The predicted octanol–water partition coefficient (Wildman–Crippen LogP) is 4.35. The standard InChI is InChI=1S/C20H21N3O2/c1-13(2)16-8-4-5-9-17(16)22-19(24)11-18-14(3)25-20(23-18)15-7-6-10-21-12-15/h4-10,12-13H,11H2,1-3H3,(H,22,24). The molecule has 0 aliphatic carbocycles. The highest BCUT2D eigenvalue weighted by Crippen LogP contribution is 2.25. The van der Waals surface area contributed by atoms with E-state index in [-0.39, 0.29) is 12.3 Å². The molecule has 0 unspecified atom stereocenters. The van der Waals surface area contributed by atoms with Crippen LogP contribution in [0.3, 0.4) is 0 Å². The molecule has 1 N–H and O–H groups in total. The fourth-order valence-corrected chi connectivity index (χ4v) is 2.67. The minimum Gasteiger partial charge on any atom is -0.441 e. The molecular weight excluding hydrogens is 314 g/mol. The second kappa shape index (κ2) is 7.30. The molecule has 0 spiro atoms. The third-order valence-electron chi connectivity index (χ3n) is 3.99. The number of amides is 1. The van der Waals surface area contributed by atoms with Crippen molar-refractivity contribution in [3.8, 4) is 11.5 Å². The Morgan fingerprint density at radius 1 is 1.20 bits per heavy atom. The summed E-state index contributed by atoms with van der Waals surface area (Å²) in [6.45, 7) is 6.03. The Labute approximate surface area is 147 Å². The van der Waals surface area contributed by atoms with Gasteiger partial charge in [0.05, 0.1) is 17.7 Å². The van der Waals surface area contributed by atoms with Gasteiger partial charge in [-0.3, -0.25) is 9.78 Å². The Bertz CT molecular complexity index is 870. The number of rotatable bonds is 5. The Hall–Kier alpha value is -2.95. The molecule has 0 bridgehead atoms. The van der Waals surface area contributed by atoms with Crippen LogP contribution in [0.25, 0.3) is 11.5 Å². The molecule has 0 saturated carbocycles. The first-order valence-electron chi connectivity index (χ1n) is 8.30. The highest BCUT2D eigenvalue weighted by atomic mass is 16.4. The van der Waals surface area contributed by atoms with Gasteiger partial charge in [-0.1, -0.05) is 32.0 Å². The molecule has 3 rings (SSSR count). The molecular formula is C20H21N3O2. The number of pyridine rings is 1. The lowest BCUT2D eigenvalue weighted by molar-refractivity contribution is -0.115.